The number of hydrogen-bond donors (Lipinski definition) is 2. The van der Waals surface area contributed by atoms with Gasteiger partial charge >= 0.3 is 6.03 Å². The zero-order valence-electron chi connectivity index (χ0n) is 15.2. The molecule has 0 spiro atoms. The van der Waals surface area contributed by atoms with Crippen LogP contribution in [0.1, 0.15) is 18.9 Å². The first-order chi connectivity index (χ1) is 12.5. The molecule has 3 amide bonds. The van der Waals surface area contributed by atoms with Crippen LogP contribution in [0.5, 0.6) is 0 Å². The molecule has 2 aromatic rings. The number of piperazine rings is 1. The summed E-state index contributed by atoms with van der Waals surface area (Å²) < 4.78 is 1.80. The van der Waals surface area contributed by atoms with Crippen molar-refractivity contribution in [2.24, 2.45) is 7.05 Å². The number of carbonyl (C=O) groups excluding carboxylic acids is 2. The molecule has 26 heavy (non-hydrogen) atoms. The van der Waals surface area contributed by atoms with Crippen LogP contribution in [-0.2, 0) is 18.4 Å². The van der Waals surface area contributed by atoms with Gasteiger partial charge in [0.2, 0.25) is 5.91 Å². The number of rotatable bonds is 3. The third-order valence-electron chi connectivity index (χ3n) is 5.07. The molecular formula is C18H24N6O2. The Balaban J connectivity index is 1.60. The highest BCUT2D eigenvalue weighted by Gasteiger charge is 2.28. The number of imide groups is 1. The van der Waals surface area contributed by atoms with Crippen LogP contribution in [0, 0.1) is 0 Å². The molecule has 138 valence electrons. The summed E-state index contributed by atoms with van der Waals surface area (Å²) in [6.45, 7) is 6.56. The van der Waals surface area contributed by atoms with Gasteiger partial charge in [0.1, 0.15) is 0 Å². The maximum Gasteiger partial charge on any atom is 0.329 e. The Morgan fingerprint density at radius 1 is 1.27 bits per heavy atom. The topological polar surface area (TPSA) is 82.5 Å². The first-order valence-corrected chi connectivity index (χ1v) is 9.04. The average Bonchev–Trinajstić information content (AvgIpc) is 2.91. The van der Waals surface area contributed by atoms with Crippen molar-refractivity contribution in [2.45, 2.75) is 25.9 Å². The van der Waals surface area contributed by atoms with Gasteiger partial charge in [0.15, 0.2) is 5.82 Å². The highest BCUT2D eigenvalue weighted by Crippen LogP contribution is 2.28. The molecule has 0 unspecified atom stereocenters. The normalized spacial score (nSPS) is 22.1. The van der Waals surface area contributed by atoms with Crippen molar-refractivity contribution in [1.29, 1.82) is 0 Å². The molecule has 0 bridgehead atoms. The number of benzene rings is 1. The zero-order chi connectivity index (χ0) is 18.3. The number of nitrogens with zero attached hydrogens (tertiary/aromatic N) is 4. The van der Waals surface area contributed by atoms with Crippen molar-refractivity contribution in [3.8, 4) is 0 Å². The fraction of sp³-hybridized carbons (Fsp3) is 0.500. The molecule has 1 aromatic heterocycles. The quantitative estimate of drug-likeness (QED) is 0.851. The zero-order valence-corrected chi connectivity index (χ0v) is 15.2. The minimum Gasteiger partial charge on any atom is -0.312 e. The highest BCUT2D eigenvalue weighted by molar-refractivity contribution is 6.08. The summed E-state index contributed by atoms with van der Waals surface area (Å²) in [4.78, 5) is 27.5. The van der Waals surface area contributed by atoms with Gasteiger partial charge < -0.3 is 5.32 Å². The summed E-state index contributed by atoms with van der Waals surface area (Å²) in [5.74, 6) is 0.369. The summed E-state index contributed by atoms with van der Waals surface area (Å²) in [6, 6.07) is 6.39. The minimum absolute atomic E-state index is 0.237. The molecule has 1 aromatic carbocycles. The van der Waals surface area contributed by atoms with Crippen LogP contribution < -0.4 is 15.5 Å². The smallest absolute Gasteiger partial charge is 0.312 e. The Hall–Kier alpha value is -2.45. The van der Waals surface area contributed by atoms with E-state index in [1.54, 1.807) is 9.58 Å². The number of aryl methyl sites for hydroxylation is 1. The first kappa shape index (κ1) is 17.0. The monoisotopic (exact) mass is 356 g/mol. The standard InChI is InChI=1S/C18H24N6O2/c1-12-10-23(8-6-19-12)11-13-3-4-14-15(9-13)22(2)21-17(14)24-7-5-16(25)20-18(24)26/h3-4,9,12,19H,5-8,10-11H2,1-2H3,(H,20,25,26)/t12-/m0/s1. The van der Waals surface area contributed by atoms with E-state index in [4.69, 9.17) is 0 Å². The number of urea groups is 1. The summed E-state index contributed by atoms with van der Waals surface area (Å²) in [6.07, 6.45) is 0.295. The second kappa shape index (κ2) is 6.69. The first-order valence-electron chi connectivity index (χ1n) is 9.04. The molecule has 1 atom stereocenters. The van der Waals surface area contributed by atoms with Gasteiger partial charge in [-0.15, -0.1) is 0 Å². The SMILES string of the molecule is C[C@H]1CN(Cc2ccc3c(N4CCC(=O)NC4=O)nn(C)c3c2)CCN1. The number of amides is 3. The molecule has 2 fully saturated rings. The van der Waals surface area contributed by atoms with Gasteiger partial charge in [0.25, 0.3) is 0 Å². The lowest BCUT2D eigenvalue weighted by Crippen LogP contribution is -2.49. The van der Waals surface area contributed by atoms with Crippen molar-refractivity contribution in [1.82, 2.24) is 25.3 Å². The van der Waals surface area contributed by atoms with Crippen LogP contribution >= 0.6 is 0 Å². The maximum absolute atomic E-state index is 12.2. The van der Waals surface area contributed by atoms with Crippen LogP contribution in [0.25, 0.3) is 10.9 Å². The molecule has 8 nitrogen and oxygen atoms in total. The lowest BCUT2D eigenvalue weighted by Gasteiger charge is -2.31. The van der Waals surface area contributed by atoms with E-state index in [9.17, 15) is 9.59 Å². The van der Waals surface area contributed by atoms with Gasteiger partial charge in [-0.2, -0.15) is 5.10 Å². The minimum atomic E-state index is -0.403. The summed E-state index contributed by atoms with van der Waals surface area (Å²) >= 11 is 0. The molecule has 2 saturated heterocycles. The Kier molecular flexibility index (Phi) is 4.37. The number of anilines is 1. The van der Waals surface area contributed by atoms with E-state index in [2.05, 4.69) is 39.7 Å². The predicted octanol–water partition coefficient (Wildman–Crippen LogP) is 0.813. The largest absolute Gasteiger partial charge is 0.329 e. The van der Waals surface area contributed by atoms with E-state index in [1.165, 1.54) is 5.56 Å². The van der Waals surface area contributed by atoms with Crippen LogP contribution in [0.2, 0.25) is 0 Å². The van der Waals surface area contributed by atoms with E-state index in [1.807, 2.05) is 13.1 Å². The van der Waals surface area contributed by atoms with E-state index in [0.29, 0.717) is 24.8 Å². The molecule has 2 N–H and O–H groups in total. The second-order valence-electron chi connectivity index (χ2n) is 7.14. The van der Waals surface area contributed by atoms with Crippen LogP contribution in [-0.4, -0.2) is 58.8 Å². The van der Waals surface area contributed by atoms with Crippen molar-refractivity contribution in [3.63, 3.8) is 0 Å². The lowest BCUT2D eigenvalue weighted by molar-refractivity contribution is -0.120. The number of fused-ring (bicyclic) bond motifs is 1. The third kappa shape index (κ3) is 3.17. The summed E-state index contributed by atoms with van der Waals surface area (Å²) in [5.41, 5.74) is 2.23. The van der Waals surface area contributed by atoms with Gasteiger partial charge in [-0.05, 0) is 24.6 Å². The maximum atomic E-state index is 12.2. The van der Waals surface area contributed by atoms with E-state index < -0.39 is 6.03 Å². The Labute approximate surface area is 152 Å². The van der Waals surface area contributed by atoms with Gasteiger partial charge in [-0.25, -0.2) is 4.79 Å². The van der Waals surface area contributed by atoms with Crippen molar-refractivity contribution < 1.29 is 9.59 Å². The fourth-order valence-corrected chi connectivity index (χ4v) is 3.76. The number of carbonyl (C=O) groups is 2. The molecule has 3 heterocycles. The molecule has 0 radical (unpaired) electrons. The van der Waals surface area contributed by atoms with Crippen molar-refractivity contribution in [2.75, 3.05) is 31.1 Å². The van der Waals surface area contributed by atoms with Gasteiger partial charge in [0.05, 0.1) is 5.52 Å². The van der Waals surface area contributed by atoms with Crippen LogP contribution in [0.3, 0.4) is 0 Å². The second-order valence-corrected chi connectivity index (χ2v) is 7.14. The van der Waals surface area contributed by atoms with Crippen LogP contribution in [0.15, 0.2) is 18.2 Å². The molecule has 0 aliphatic carbocycles. The lowest BCUT2D eigenvalue weighted by atomic mass is 10.1. The van der Waals surface area contributed by atoms with Crippen molar-refractivity contribution in [3.05, 3.63) is 23.8 Å². The summed E-state index contributed by atoms with van der Waals surface area (Å²) in [5, 5.41) is 11.3. The molecule has 8 heteroatoms. The molecule has 4 rings (SSSR count). The highest BCUT2D eigenvalue weighted by atomic mass is 16.2. The average molecular weight is 356 g/mol. The third-order valence-corrected chi connectivity index (χ3v) is 5.07. The Morgan fingerprint density at radius 3 is 2.88 bits per heavy atom. The van der Waals surface area contributed by atoms with Gasteiger partial charge in [-0.1, -0.05) is 6.07 Å². The number of aromatic nitrogens is 2. The fourth-order valence-electron chi connectivity index (χ4n) is 3.76. The van der Waals surface area contributed by atoms with Gasteiger partial charge in [-0.3, -0.25) is 24.6 Å². The Morgan fingerprint density at radius 2 is 2.12 bits per heavy atom. The number of hydrogen-bond acceptors (Lipinski definition) is 5. The predicted molar refractivity (Wildman–Crippen MR) is 99.0 cm³/mol. The number of nitrogens with one attached hydrogen (secondary N) is 2. The van der Waals surface area contributed by atoms with E-state index >= 15 is 0 Å². The molecule has 2 aliphatic rings. The van der Waals surface area contributed by atoms with E-state index in [-0.39, 0.29) is 5.91 Å². The molecule has 2 aliphatic heterocycles. The van der Waals surface area contributed by atoms with Crippen LogP contribution in [0.4, 0.5) is 10.6 Å². The van der Waals surface area contributed by atoms with Gasteiger partial charge in [0, 0.05) is 57.6 Å². The Bertz CT molecular complexity index is 861. The summed E-state index contributed by atoms with van der Waals surface area (Å²) in [7, 11) is 1.88. The van der Waals surface area contributed by atoms with E-state index in [0.717, 1.165) is 37.1 Å². The molecular weight excluding hydrogens is 332 g/mol. The van der Waals surface area contributed by atoms with Crippen molar-refractivity contribution >= 4 is 28.7 Å². The molecule has 0 saturated carbocycles.